The molecule has 2 heterocycles. The van der Waals surface area contributed by atoms with Crippen LogP contribution in [0.2, 0.25) is 0 Å². The first kappa shape index (κ1) is 9.98. The molecule has 0 aliphatic heterocycles. The first-order valence-electron chi connectivity index (χ1n) is 5.05. The summed E-state index contributed by atoms with van der Waals surface area (Å²) in [6.45, 7) is 3.56. The van der Waals surface area contributed by atoms with Crippen molar-refractivity contribution in [3.8, 4) is 0 Å². The Bertz CT molecular complexity index is 403. The lowest BCUT2D eigenvalue weighted by atomic mass is 10.2. The molecule has 4 heteroatoms. The molecule has 0 saturated heterocycles. The molecule has 0 amide bonds. The van der Waals surface area contributed by atoms with Crippen LogP contribution < -0.4 is 0 Å². The number of hydrogen-bond donors (Lipinski definition) is 1. The first-order chi connectivity index (χ1) is 7.25. The van der Waals surface area contributed by atoms with Crippen molar-refractivity contribution in [2.75, 3.05) is 0 Å². The highest BCUT2D eigenvalue weighted by Gasteiger charge is 2.02. The van der Waals surface area contributed by atoms with E-state index in [-0.39, 0.29) is 6.10 Å². The lowest BCUT2D eigenvalue weighted by molar-refractivity contribution is 0.199. The lowest BCUT2D eigenvalue weighted by Gasteiger charge is -2.04. The Morgan fingerprint density at radius 3 is 2.73 bits per heavy atom. The van der Waals surface area contributed by atoms with Crippen LogP contribution in [0, 0.1) is 0 Å². The number of aliphatic hydroxyl groups is 1. The predicted molar refractivity (Wildman–Crippen MR) is 57.3 cm³/mol. The molecule has 1 atom stereocenters. The predicted octanol–water partition coefficient (Wildman–Crippen LogP) is 1.44. The van der Waals surface area contributed by atoms with E-state index in [1.807, 2.05) is 29.2 Å². The second-order valence-electron chi connectivity index (χ2n) is 3.66. The van der Waals surface area contributed by atoms with Crippen molar-refractivity contribution in [3.63, 3.8) is 0 Å². The first-order valence-corrected chi connectivity index (χ1v) is 5.05. The molecule has 80 valence electrons. The normalized spacial score (nSPS) is 12.9. The molecular weight excluding hydrogens is 190 g/mol. The van der Waals surface area contributed by atoms with Gasteiger partial charge in [0, 0.05) is 37.9 Å². The fourth-order valence-corrected chi connectivity index (χ4v) is 1.50. The van der Waals surface area contributed by atoms with Crippen LogP contribution >= 0.6 is 0 Å². The summed E-state index contributed by atoms with van der Waals surface area (Å²) >= 11 is 0. The van der Waals surface area contributed by atoms with E-state index in [4.69, 9.17) is 0 Å². The molecule has 2 rings (SSSR count). The molecule has 0 aliphatic rings. The molecule has 0 radical (unpaired) electrons. The van der Waals surface area contributed by atoms with Crippen molar-refractivity contribution in [2.24, 2.45) is 0 Å². The summed E-state index contributed by atoms with van der Waals surface area (Å²) < 4.78 is 4.10. The van der Waals surface area contributed by atoms with Gasteiger partial charge in [-0.2, -0.15) is 0 Å². The zero-order valence-corrected chi connectivity index (χ0v) is 8.74. The van der Waals surface area contributed by atoms with Crippen LogP contribution in [0.4, 0.5) is 0 Å². The van der Waals surface area contributed by atoms with Crippen molar-refractivity contribution in [2.45, 2.75) is 26.1 Å². The molecule has 15 heavy (non-hydrogen) atoms. The van der Waals surface area contributed by atoms with Crippen LogP contribution in [0.1, 0.15) is 18.6 Å². The van der Waals surface area contributed by atoms with E-state index in [2.05, 4.69) is 9.55 Å². The van der Waals surface area contributed by atoms with Gasteiger partial charge in [0.2, 0.25) is 0 Å². The summed E-state index contributed by atoms with van der Waals surface area (Å²) in [6.07, 6.45) is 9.09. The minimum Gasteiger partial charge on any atom is -0.389 e. The summed E-state index contributed by atoms with van der Waals surface area (Å²) in [6, 6.07) is 1.94. The number of aryl methyl sites for hydroxylation is 2. The summed E-state index contributed by atoms with van der Waals surface area (Å²) in [4.78, 5) is 3.98. The van der Waals surface area contributed by atoms with Crippen molar-refractivity contribution in [3.05, 3.63) is 42.7 Å². The zero-order chi connectivity index (χ0) is 10.7. The molecule has 0 saturated carbocycles. The molecule has 2 aromatic rings. The van der Waals surface area contributed by atoms with Crippen molar-refractivity contribution in [1.82, 2.24) is 14.1 Å². The van der Waals surface area contributed by atoms with Crippen LogP contribution in [0.25, 0.3) is 0 Å². The highest BCUT2D eigenvalue weighted by atomic mass is 16.3. The standard InChI is InChI=1S/C11H15N3O/c1-10(15)11-2-4-13(8-11)6-7-14-5-3-12-9-14/h2-5,8-10,15H,6-7H2,1H3. The van der Waals surface area contributed by atoms with Gasteiger partial charge < -0.3 is 14.2 Å². The Kier molecular flexibility index (Phi) is 2.87. The van der Waals surface area contributed by atoms with Crippen LogP contribution in [0.15, 0.2) is 37.2 Å². The van der Waals surface area contributed by atoms with Crippen molar-refractivity contribution < 1.29 is 5.11 Å². The third-order valence-electron chi connectivity index (χ3n) is 2.43. The quantitative estimate of drug-likeness (QED) is 0.820. The van der Waals surface area contributed by atoms with E-state index in [0.717, 1.165) is 18.7 Å². The van der Waals surface area contributed by atoms with Gasteiger partial charge in [-0.25, -0.2) is 4.98 Å². The second kappa shape index (κ2) is 4.31. The fraction of sp³-hybridized carbons (Fsp3) is 0.364. The molecule has 4 nitrogen and oxygen atoms in total. The highest BCUT2D eigenvalue weighted by molar-refractivity contribution is 5.12. The maximum absolute atomic E-state index is 9.36. The number of nitrogens with zero attached hydrogens (tertiary/aromatic N) is 3. The Balaban J connectivity index is 1.94. The largest absolute Gasteiger partial charge is 0.389 e. The third kappa shape index (κ3) is 2.47. The monoisotopic (exact) mass is 205 g/mol. The molecule has 0 bridgehead atoms. The van der Waals surface area contributed by atoms with Crippen LogP contribution in [0.3, 0.4) is 0 Å². The Labute approximate surface area is 88.8 Å². The van der Waals surface area contributed by atoms with E-state index in [9.17, 15) is 5.11 Å². The zero-order valence-electron chi connectivity index (χ0n) is 8.74. The van der Waals surface area contributed by atoms with Gasteiger partial charge in [-0.05, 0) is 18.6 Å². The van der Waals surface area contributed by atoms with Gasteiger partial charge in [-0.3, -0.25) is 0 Å². The van der Waals surface area contributed by atoms with E-state index in [1.165, 1.54) is 0 Å². The molecule has 2 aromatic heterocycles. The SMILES string of the molecule is CC(O)c1ccn(CCn2ccnc2)c1. The molecule has 0 aliphatic carbocycles. The molecule has 1 N–H and O–H groups in total. The number of imidazole rings is 1. The molecule has 1 unspecified atom stereocenters. The van der Waals surface area contributed by atoms with E-state index < -0.39 is 0 Å². The highest BCUT2D eigenvalue weighted by Crippen LogP contribution is 2.11. The Morgan fingerprint density at radius 1 is 1.33 bits per heavy atom. The fourth-order valence-electron chi connectivity index (χ4n) is 1.50. The topological polar surface area (TPSA) is 43.0 Å². The Morgan fingerprint density at radius 2 is 2.13 bits per heavy atom. The number of rotatable bonds is 4. The number of aromatic nitrogens is 3. The van der Waals surface area contributed by atoms with Crippen molar-refractivity contribution in [1.29, 1.82) is 0 Å². The smallest absolute Gasteiger partial charge is 0.0946 e. The summed E-state index contributed by atoms with van der Waals surface area (Å²) in [5, 5.41) is 9.36. The van der Waals surface area contributed by atoms with Gasteiger partial charge in [0.15, 0.2) is 0 Å². The lowest BCUT2D eigenvalue weighted by Crippen LogP contribution is -2.03. The van der Waals surface area contributed by atoms with Crippen molar-refractivity contribution >= 4 is 0 Å². The van der Waals surface area contributed by atoms with Crippen LogP contribution in [-0.4, -0.2) is 19.2 Å². The van der Waals surface area contributed by atoms with Crippen LogP contribution in [0.5, 0.6) is 0 Å². The average Bonchev–Trinajstić information content (AvgIpc) is 2.86. The van der Waals surface area contributed by atoms with E-state index >= 15 is 0 Å². The second-order valence-corrected chi connectivity index (χ2v) is 3.66. The molecule has 0 fully saturated rings. The van der Waals surface area contributed by atoms with Gasteiger partial charge >= 0.3 is 0 Å². The maximum atomic E-state index is 9.36. The van der Waals surface area contributed by atoms with Gasteiger partial charge in [0.05, 0.1) is 12.4 Å². The minimum atomic E-state index is -0.389. The molecule has 0 spiro atoms. The minimum absolute atomic E-state index is 0.389. The third-order valence-corrected chi connectivity index (χ3v) is 2.43. The summed E-state index contributed by atoms with van der Waals surface area (Å²) in [5.74, 6) is 0. The summed E-state index contributed by atoms with van der Waals surface area (Å²) in [5.41, 5.74) is 0.959. The van der Waals surface area contributed by atoms with Gasteiger partial charge in [0.1, 0.15) is 0 Å². The van der Waals surface area contributed by atoms with Gasteiger partial charge in [-0.15, -0.1) is 0 Å². The summed E-state index contributed by atoms with van der Waals surface area (Å²) in [7, 11) is 0. The van der Waals surface area contributed by atoms with Crippen LogP contribution in [-0.2, 0) is 13.1 Å². The van der Waals surface area contributed by atoms with E-state index in [1.54, 1.807) is 19.4 Å². The number of aliphatic hydroxyl groups excluding tert-OH is 1. The molecule has 0 aromatic carbocycles. The average molecular weight is 205 g/mol. The maximum Gasteiger partial charge on any atom is 0.0946 e. The van der Waals surface area contributed by atoms with Gasteiger partial charge in [0.25, 0.3) is 0 Å². The number of hydrogen-bond acceptors (Lipinski definition) is 2. The Hall–Kier alpha value is -1.55. The van der Waals surface area contributed by atoms with Gasteiger partial charge in [-0.1, -0.05) is 0 Å². The molecular formula is C11H15N3O. The van der Waals surface area contributed by atoms with E-state index in [0.29, 0.717) is 0 Å².